The van der Waals surface area contributed by atoms with E-state index >= 15 is 0 Å². The van der Waals surface area contributed by atoms with E-state index in [2.05, 4.69) is 15.5 Å². The quantitative estimate of drug-likeness (QED) is 0.493. The molecule has 2 rings (SSSR count). The highest BCUT2D eigenvalue weighted by Gasteiger charge is 2.22. The van der Waals surface area contributed by atoms with Gasteiger partial charge in [-0.2, -0.15) is 0 Å². The summed E-state index contributed by atoms with van der Waals surface area (Å²) in [6, 6.07) is 5.05. The largest absolute Gasteiger partial charge is 0.420 e. The van der Waals surface area contributed by atoms with Gasteiger partial charge in [-0.15, -0.1) is 10.2 Å². The standard InChI is InChI=1S/C13H16N4O3/c1-9-5-3-6-10(12(9)17(18)19)13-16-15-11(20-13)7-4-8-14-2/h3,5-6,14H,4,7-8H2,1-2H3. The second kappa shape index (κ2) is 6.25. The zero-order valence-electron chi connectivity index (χ0n) is 11.4. The van der Waals surface area contributed by atoms with Gasteiger partial charge in [0.1, 0.15) is 5.56 Å². The fourth-order valence-electron chi connectivity index (χ4n) is 1.95. The summed E-state index contributed by atoms with van der Waals surface area (Å²) in [5.41, 5.74) is 0.947. The first-order valence-corrected chi connectivity index (χ1v) is 6.35. The van der Waals surface area contributed by atoms with Crippen LogP contribution in [0.25, 0.3) is 11.5 Å². The summed E-state index contributed by atoms with van der Waals surface area (Å²) < 4.78 is 5.51. The molecule has 0 radical (unpaired) electrons. The maximum absolute atomic E-state index is 11.1. The number of nitro benzene ring substituents is 1. The van der Waals surface area contributed by atoms with E-state index in [4.69, 9.17) is 4.42 Å². The Hall–Kier alpha value is -2.28. The number of nitrogens with one attached hydrogen (secondary N) is 1. The fourth-order valence-corrected chi connectivity index (χ4v) is 1.95. The lowest BCUT2D eigenvalue weighted by Crippen LogP contribution is -2.08. The van der Waals surface area contributed by atoms with Gasteiger partial charge in [0.25, 0.3) is 11.6 Å². The average molecular weight is 276 g/mol. The number of hydrogen-bond acceptors (Lipinski definition) is 6. The summed E-state index contributed by atoms with van der Waals surface area (Å²) in [5.74, 6) is 0.686. The van der Waals surface area contributed by atoms with Gasteiger partial charge in [-0.1, -0.05) is 12.1 Å². The van der Waals surface area contributed by atoms with E-state index < -0.39 is 4.92 Å². The number of aromatic nitrogens is 2. The second-order valence-electron chi connectivity index (χ2n) is 4.44. The van der Waals surface area contributed by atoms with E-state index in [1.54, 1.807) is 25.1 Å². The van der Waals surface area contributed by atoms with Crippen LogP contribution in [0.5, 0.6) is 0 Å². The smallest absolute Gasteiger partial charge is 0.284 e. The molecule has 0 aliphatic carbocycles. The molecule has 0 amide bonds. The summed E-state index contributed by atoms with van der Waals surface area (Å²) >= 11 is 0. The first-order chi connectivity index (χ1) is 9.63. The van der Waals surface area contributed by atoms with Crippen molar-refractivity contribution < 1.29 is 9.34 Å². The van der Waals surface area contributed by atoms with Gasteiger partial charge in [0.15, 0.2) is 0 Å². The number of hydrogen-bond donors (Lipinski definition) is 1. The van der Waals surface area contributed by atoms with Gasteiger partial charge in [-0.05, 0) is 33.0 Å². The molecule has 0 unspecified atom stereocenters. The van der Waals surface area contributed by atoms with Gasteiger partial charge in [0, 0.05) is 12.0 Å². The summed E-state index contributed by atoms with van der Waals surface area (Å²) in [5, 5.41) is 22.0. The van der Waals surface area contributed by atoms with Crippen molar-refractivity contribution in [3.05, 3.63) is 39.8 Å². The molecule has 0 spiro atoms. The normalized spacial score (nSPS) is 10.7. The lowest BCUT2D eigenvalue weighted by atomic mass is 10.1. The Bertz CT molecular complexity index is 609. The summed E-state index contributed by atoms with van der Waals surface area (Å²) in [6.07, 6.45) is 1.52. The molecule has 0 fully saturated rings. The second-order valence-corrected chi connectivity index (χ2v) is 4.44. The van der Waals surface area contributed by atoms with Crippen LogP contribution in [0, 0.1) is 17.0 Å². The molecular weight excluding hydrogens is 260 g/mol. The Morgan fingerprint density at radius 2 is 2.20 bits per heavy atom. The Balaban J connectivity index is 2.28. The zero-order valence-corrected chi connectivity index (χ0v) is 11.4. The zero-order chi connectivity index (χ0) is 14.5. The van der Waals surface area contributed by atoms with Gasteiger partial charge in [-0.25, -0.2) is 0 Å². The molecule has 1 aromatic carbocycles. The van der Waals surface area contributed by atoms with Gasteiger partial charge in [0.2, 0.25) is 5.89 Å². The van der Waals surface area contributed by atoms with Crippen molar-refractivity contribution in [2.45, 2.75) is 19.8 Å². The van der Waals surface area contributed by atoms with E-state index in [0.717, 1.165) is 13.0 Å². The third kappa shape index (κ3) is 3.00. The van der Waals surface area contributed by atoms with Crippen LogP contribution in [0.4, 0.5) is 5.69 Å². The van der Waals surface area contributed by atoms with Crippen LogP contribution in [-0.2, 0) is 6.42 Å². The maximum atomic E-state index is 11.1. The third-order valence-corrected chi connectivity index (χ3v) is 2.94. The third-order valence-electron chi connectivity index (χ3n) is 2.94. The highest BCUT2D eigenvalue weighted by molar-refractivity contribution is 5.69. The molecule has 2 aromatic rings. The lowest BCUT2D eigenvalue weighted by molar-refractivity contribution is -0.384. The van der Waals surface area contributed by atoms with Crippen molar-refractivity contribution in [1.29, 1.82) is 0 Å². The monoisotopic (exact) mass is 276 g/mol. The van der Waals surface area contributed by atoms with Crippen molar-refractivity contribution in [3.63, 3.8) is 0 Å². The number of para-hydroxylation sites is 1. The van der Waals surface area contributed by atoms with Crippen molar-refractivity contribution >= 4 is 5.69 Å². The molecule has 7 heteroatoms. The summed E-state index contributed by atoms with van der Waals surface area (Å²) in [4.78, 5) is 10.7. The Kier molecular flexibility index (Phi) is 4.41. The minimum absolute atomic E-state index is 0.0120. The minimum atomic E-state index is -0.421. The predicted octanol–water partition coefficient (Wildman–Crippen LogP) is 2.11. The molecule has 7 nitrogen and oxygen atoms in total. The van der Waals surface area contributed by atoms with Crippen LogP contribution in [0.2, 0.25) is 0 Å². The van der Waals surface area contributed by atoms with Gasteiger partial charge < -0.3 is 9.73 Å². The first-order valence-electron chi connectivity index (χ1n) is 6.35. The number of aryl methyl sites for hydroxylation is 2. The van der Waals surface area contributed by atoms with Crippen LogP contribution in [0.1, 0.15) is 17.9 Å². The molecular formula is C13H16N4O3. The van der Waals surface area contributed by atoms with E-state index in [1.807, 2.05) is 7.05 Å². The van der Waals surface area contributed by atoms with Gasteiger partial charge in [-0.3, -0.25) is 10.1 Å². The van der Waals surface area contributed by atoms with Crippen LogP contribution in [0.3, 0.4) is 0 Å². The van der Waals surface area contributed by atoms with Gasteiger partial charge in [0.05, 0.1) is 4.92 Å². The van der Waals surface area contributed by atoms with Crippen LogP contribution in [0.15, 0.2) is 22.6 Å². The number of benzene rings is 1. The van der Waals surface area contributed by atoms with Gasteiger partial charge >= 0.3 is 0 Å². The molecule has 1 heterocycles. The predicted molar refractivity (Wildman–Crippen MR) is 73.4 cm³/mol. The van der Waals surface area contributed by atoms with E-state index in [-0.39, 0.29) is 11.6 Å². The SMILES string of the molecule is CNCCCc1nnc(-c2cccc(C)c2[N+](=O)[O-])o1. The van der Waals surface area contributed by atoms with Crippen LogP contribution in [-0.4, -0.2) is 28.7 Å². The summed E-state index contributed by atoms with van der Waals surface area (Å²) in [6.45, 7) is 2.54. The fraction of sp³-hybridized carbons (Fsp3) is 0.385. The Morgan fingerprint density at radius 1 is 1.40 bits per heavy atom. The first kappa shape index (κ1) is 14.1. The van der Waals surface area contributed by atoms with Crippen molar-refractivity contribution in [2.75, 3.05) is 13.6 Å². The van der Waals surface area contributed by atoms with Crippen LogP contribution < -0.4 is 5.32 Å². The molecule has 0 atom stereocenters. The molecule has 20 heavy (non-hydrogen) atoms. The molecule has 0 saturated carbocycles. The van der Waals surface area contributed by atoms with Crippen molar-refractivity contribution in [1.82, 2.24) is 15.5 Å². The van der Waals surface area contributed by atoms with Crippen LogP contribution >= 0.6 is 0 Å². The molecule has 106 valence electrons. The lowest BCUT2D eigenvalue weighted by Gasteiger charge is -2.01. The highest BCUT2D eigenvalue weighted by Crippen LogP contribution is 2.31. The molecule has 0 saturated heterocycles. The van der Waals surface area contributed by atoms with Crippen molar-refractivity contribution in [3.8, 4) is 11.5 Å². The molecule has 1 N–H and O–H groups in total. The molecule has 0 aliphatic heterocycles. The van der Waals surface area contributed by atoms with E-state index in [9.17, 15) is 10.1 Å². The molecule has 1 aromatic heterocycles. The topological polar surface area (TPSA) is 94.1 Å². The summed E-state index contributed by atoms with van der Waals surface area (Å²) in [7, 11) is 1.87. The minimum Gasteiger partial charge on any atom is -0.420 e. The average Bonchev–Trinajstić information content (AvgIpc) is 2.87. The Labute approximate surface area is 116 Å². The number of rotatable bonds is 6. The van der Waals surface area contributed by atoms with Crippen molar-refractivity contribution in [2.24, 2.45) is 0 Å². The molecule has 0 aliphatic rings. The number of nitrogens with zero attached hydrogens (tertiary/aromatic N) is 3. The highest BCUT2D eigenvalue weighted by atomic mass is 16.6. The van der Waals surface area contributed by atoms with E-state index in [0.29, 0.717) is 23.4 Å². The Morgan fingerprint density at radius 3 is 2.90 bits per heavy atom. The molecule has 0 bridgehead atoms. The maximum Gasteiger partial charge on any atom is 0.284 e. The number of nitro groups is 1. The van der Waals surface area contributed by atoms with E-state index in [1.165, 1.54) is 0 Å².